The molecule has 1 N–H and O–H groups in total. The average Bonchev–Trinajstić information content (AvgIpc) is 2.39. The molecule has 0 fully saturated rings. The summed E-state index contributed by atoms with van der Waals surface area (Å²) in [6, 6.07) is 7.92. The number of benzene rings is 1. The first-order valence-electron chi connectivity index (χ1n) is 7.46. The average molecular weight is 326 g/mol. The van der Waals surface area contributed by atoms with Crippen LogP contribution in [0.25, 0.3) is 0 Å². The maximum absolute atomic E-state index is 11.9. The number of carbonyl (C=O) groups excluding carboxylic acids is 1. The topological polar surface area (TPSA) is 66.5 Å². The number of hydrogen-bond donors (Lipinski definition) is 1. The molecule has 0 saturated carbocycles. The molecule has 0 saturated heterocycles. The van der Waals surface area contributed by atoms with E-state index in [1.165, 1.54) is 10.6 Å². The van der Waals surface area contributed by atoms with E-state index in [4.69, 9.17) is 0 Å². The Morgan fingerprint density at radius 1 is 1.32 bits per heavy atom. The van der Waals surface area contributed by atoms with Crippen LogP contribution in [-0.2, 0) is 21.4 Å². The first-order chi connectivity index (χ1) is 10.2. The van der Waals surface area contributed by atoms with Gasteiger partial charge in [0.2, 0.25) is 15.9 Å². The van der Waals surface area contributed by atoms with Gasteiger partial charge in [-0.1, -0.05) is 43.7 Å². The molecule has 0 aromatic heterocycles. The van der Waals surface area contributed by atoms with E-state index in [0.717, 1.165) is 11.1 Å². The summed E-state index contributed by atoms with van der Waals surface area (Å²) in [4.78, 5) is 11.9. The largest absolute Gasteiger partial charge is 0.352 e. The summed E-state index contributed by atoms with van der Waals surface area (Å²) < 4.78 is 24.7. The van der Waals surface area contributed by atoms with Crippen molar-refractivity contribution in [2.75, 3.05) is 19.3 Å². The van der Waals surface area contributed by atoms with Gasteiger partial charge in [0.05, 0.1) is 6.26 Å². The number of hydrogen-bond acceptors (Lipinski definition) is 3. The fraction of sp³-hybridized carbons (Fsp3) is 0.562. The summed E-state index contributed by atoms with van der Waals surface area (Å²) >= 11 is 0. The van der Waals surface area contributed by atoms with Crippen molar-refractivity contribution < 1.29 is 13.2 Å². The zero-order chi connectivity index (χ0) is 16.8. The standard InChI is InChI=1S/C16H26N2O3S/c1-13(2)12-18(22(4,20)21)9-8-16(19)17-11-15-7-5-6-14(3)10-15/h5-7,10,13H,8-9,11-12H2,1-4H3,(H,17,19). The molecule has 0 aliphatic rings. The SMILES string of the molecule is Cc1cccc(CNC(=O)CCN(CC(C)C)S(C)(=O)=O)c1. The number of nitrogens with zero attached hydrogens (tertiary/aromatic N) is 1. The molecular weight excluding hydrogens is 300 g/mol. The van der Waals surface area contributed by atoms with Gasteiger partial charge in [0.1, 0.15) is 0 Å². The molecule has 0 bridgehead atoms. The predicted molar refractivity (Wildman–Crippen MR) is 88.9 cm³/mol. The van der Waals surface area contributed by atoms with E-state index in [0.29, 0.717) is 13.1 Å². The molecule has 1 aromatic carbocycles. The van der Waals surface area contributed by atoms with Crippen molar-refractivity contribution in [2.24, 2.45) is 5.92 Å². The fourth-order valence-electron chi connectivity index (χ4n) is 2.14. The van der Waals surface area contributed by atoms with E-state index < -0.39 is 10.0 Å². The Labute approximate surface area is 133 Å². The minimum atomic E-state index is -3.28. The van der Waals surface area contributed by atoms with Crippen LogP contribution in [0.15, 0.2) is 24.3 Å². The van der Waals surface area contributed by atoms with Gasteiger partial charge in [-0.05, 0) is 18.4 Å². The molecule has 0 aliphatic heterocycles. The predicted octanol–water partition coefficient (Wildman–Crippen LogP) is 1.92. The second-order valence-corrected chi connectivity index (χ2v) is 8.01. The lowest BCUT2D eigenvalue weighted by Gasteiger charge is -2.21. The highest BCUT2D eigenvalue weighted by molar-refractivity contribution is 7.88. The normalized spacial score (nSPS) is 11.9. The van der Waals surface area contributed by atoms with Gasteiger partial charge in [0, 0.05) is 26.1 Å². The van der Waals surface area contributed by atoms with Crippen molar-refractivity contribution in [2.45, 2.75) is 33.7 Å². The number of carbonyl (C=O) groups is 1. The number of nitrogens with one attached hydrogen (secondary N) is 1. The van der Waals surface area contributed by atoms with Gasteiger partial charge in [0.25, 0.3) is 0 Å². The third-order valence-electron chi connectivity index (χ3n) is 3.20. The van der Waals surface area contributed by atoms with Crippen LogP contribution in [0.4, 0.5) is 0 Å². The van der Waals surface area contributed by atoms with E-state index >= 15 is 0 Å². The molecule has 124 valence electrons. The fourth-order valence-corrected chi connectivity index (χ4v) is 3.13. The molecule has 1 aromatic rings. The smallest absolute Gasteiger partial charge is 0.221 e. The van der Waals surface area contributed by atoms with E-state index in [2.05, 4.69) is 5.32 Å². The summed E-state index contributed by atoms with van der Waals surface area (Å²) in [5, 5.41) is 2.83. The van der Waals surface area contributed by atoms with Crippen LogP contribution in [0.1, 0.15) is 31.4 Å². The summed E-state index contributed by atoms with van der Waals surface area (Å²) in [5.74, 6) is 0.0870. The quantitative estimate of drug-likeness (QED) is 0.793. The molecule has 0 radical (unpaired) electrons. The van der Waals surface area contributed by atoms with Gasteiger partial charge in [-0.3, -0.25) is 4.79 Å². The lowest BCUT2D eigenvalue weighted by atomic mass is 10.1. The molecule has 0 heterocycles. The molecule has 0 aliphatic carbocycles. The Balaban J connectivity index is 2.47. The van der Waals surface area contributed by atoms with Crippen molar-refractivity contribution in [3.8, 4) is 0 Å². The van der Waals surface area contributed by atoms with Gasteiger partial charge < -0.3 is 5.32 Å². The molecule has 1 rings (SSSR count). The van der Waals surface area contributed by atoms with Crippen LogP contribution in [0.2, 0.25) is 0 Å². The second-order valence-electron chi connectivity index (χ2n) is 6.03. The van der Waals surface area contributed by atoms with Crippen LogP contribution in [0.5, 0.6) is 0 Å². The van der Waals surface area contributed by atoms with Gasteiger partial charge in [-0.25, -0.2) is 12.7 Å². The highest BCUT2D eigenvalue weighted by atomic mass is 32.2. The van der Waals surface area contributed by atoms with Crippen molar-refractivity contribution in [1.82, 2.24) is 9.62 Å². The number of aryl methyl sites for hydroxylation is 1. The molecule has 0 spiro atoms. The van der Waals surface area contributed by atoms with Gasteiger partial charge in [-0.2, -0.15) is 0 Å². The van der Waals surface area contributed by atoms with E-state index in [-0.39, 0.29) is 24.8 Å². The minimum Gasteiger partial charge on any atom is -0.352 e. The second kappa shape index (κ2) is 8.29. The molecule has 5 nitrogen and oxygen atoms in total. The molecule has 6 heteroatoms. The third-order valence-corrected chi connectivity index (χ3v) is 4.47. The lowest BCUT2D eigenvalue weighted by molar-refractivity contribution is -0.121. The lowest BCUT2D eigenvalue weighted by Crippen LogP contribution is -2.36. The molecule has 0 unspecified atom stereocenters. The van der Waals surface area contributed by atoms with Crippen molar-refractivity contribution in [1.29, 1.82) is 0 Å². The van der Waals surface area contributed by atoms with Crippen LogP contribution >= 0.6 is 0 Å². The summed E-state index contributed by atoms with van der Waals surface area (Å²) in [6.45, 7) is 7.03. The van der Waals surface area contributed by atoms with Crippen LogP contribution in [0, 0.1) is 12.8 Å². The molecule has 22 heavy (non-hydrogen) atoms. The van der Waals surface area contributed by atoms with E-state index in [1.54, 1.807) is 0 Å². The Kier molecular flexibility index (Phi) is 7.03. The molecular formula is C16H26N2O3S. The minimum absolute atomic E-state index is 0.140. The van der Waals surface area contributed by atoms with Gasteiger partial charge in [0.15, 0.2) is 0 Å². The van der Waals surface area contributed by atoms with Crippen LogP contribution in [0.3, 0.4) is 0 Å². The van der Waals surface area contributed by atoms with Crippen molar-refractivity contribution in [3.63, 3.8) is 0 Å². The van der Waals surface area contributed by atoms with E-state index in [1.807, 2.05) is 45.0 Å². The first-order valence-corrected chi connectivity index (χ1v) is 9.30. The highest BCUT2D eigenvalue weighted by Crippen LogP contribution is 2.06. The maximum Gasteiger partial charge on any atom is 0.221 e. The monoisotopic (exact) mass is 326 g/mol. The number of rotatable bonds is 8. The van der Waals surface area contributed by atoms with Crippen molar-refractivity contribution in [3.05, 3.63) is 35.4 Å². The Hall–Kier alpha value is -1.40. The van der Waals surface area contributed by atoms with Crippen LogP contribution < -0.4 is 5.32 Å². The Morgan fingerprint density at radius 2 is 2.00 bits per heavy atom. The zero-order valence-corrected chi connectivity index (χ0v) is 14.6. The summed E-state index contributed by atoms with van der Waals surface area (Å²) in [6.07, 6.45) is 1.35. The van der Waals surface area contributed by atoms with Gasteiger partial charge in [-0.15, -0.1) is 0 Å². The molecule has 0 atom stereocenters. The van der Waals surface area contributed by atoms with Crippen molar-refractivity contribution >= 4 is 15.9 Å². The van der Waals surface area contributed by atoms with E-state index in [9.17, 15) is 13.2 Å². The summed E-state index contributed by atoms with van der Waals surface area (Å²) in [7, 11) is -3.28. The maximum atomic E-state index is 11.9. The molecule has 1 amide bonds. The Morgan fingerprint density at radius 3 is 2.55 bits per heavy atom. The van der Waals surface area contributed by atoms with Crippen LogP contribution in [-0.4, -0.2) is 38.0 Å². The number of amides is 1. The third kappa shape index (κ3) is 7.04. The zero-order valence-electron chi connectivity index (χ0n) is 13.8. The summed E-state index contributed by atoms with van der Waals surface area (Å²) in [5.41, 5.74) is 2.18. The first kappa shape index (κ1) is 18.6. The Bertz CT molecular complexity index is 597. The highest BCUT2D eigenvalue weighted by Gasteiger charge is 2.18. The number of sulfonamides is 1. The van der Waals surface area contributed by atoms with Gasteiger partial charge >= 0.3 is 0 Å².